The molecule has 0 aliphatic carbocycles. The van der Waals surface area contributed by atoms with Crippen molar-refractivity contribution in [3.8, 4) is 6.07 Å². The topological polar surface area (TPSA) is 48.5 Å². The Kier molecular flexibility index (Phi) is 6.25. The van der Waals surface area contributed by atoms with E-state index in [0.29, 0.717) is 0 Å². The molecule has 0 aliphatic heterocycles. The molecule has 0 aromatic heterocycles. The van der Waals surface area contributed by atoms with E-state index in [1.54, 1.807) is 0 Å². The van der Waals surface area contributed by atoms with Crippen molar-refractivity contribution >= 4 is 0 Å². The lowest BCUT2D eigenvalue weighted by molar-refractivity contribution is 0.440. The van der Waals surface area contributed by atoms with Gasteiger partial charge >= 0.3 is 0 Å². The number of azo groups is 1. The number of nitriles is 1. The number of unbranched alkanes of at least 4 members (excludes halogenated alkanes) is 3. The Bertz CT molecular complexity index is 257. The van der Waals surface area contributed by atoms with Crippen molar-refractivity contribution in [2.24, 2.45) is 10.2 Å². The summed E-state index contributed by atoms with van der Waals surface area (Å²) >= 11 is 0. The molecule has 0 bridgehead atoms. The molecular formula is C13H25N3. The maximum atomic E-state index is 9.13. The minimum absolute atomic E-state index is 0.193. The van der Waals surface area contributed by atoms with E-state index >= 15 is 0 Å². The monoisotopic (exact) mass is 223 g/mol. The van der Waals surface area contributed by atoms with Gasteiger partial charge in [-0.2, -0.15) is 15.5 Å². The first-order valence-electron chi connectivity index (χ1n) is 6.18. The summed E-state index contributed by atoms with van der Waals surface area (Å²) in [5.74, 6) is 0. The smallest absolute Gasteiger partial charge is 0.164 e. The molecule has 0 saturated heterocycles. The number of hydrogen-bond donors (Lipinski definition) is 0. The van der Waals surface area contributed by atoms with E-state index in [2.05, 4.69) is 23.2 Å². The lowest BCUT2D eigenvalue weighted by Crippen LogP contribution is -2.20. The zero-order chi connectivity index (χ0) is 12.7. The Morgan fingerprint density at radius 3 is 2.06 bits per heavy atom. The molecule has 0 radical (unpaired) electrons. The SMILES string of the molecule is CCCCCCC(C)(C#N)N=NC(C)(C)C. The number of hydrogen-bond acceptors (Lipinski definition) is 3. The van der Waals surface area contributed by atoms with Gasteiger partial charge in [0, 0.05) is 0 Å². The standard InChI is InChI=1S/C13H25N3/c1-6-7-8-9-10-13(5,11-14)16-15-12(2,3)4/h6-10H2,1-5H3. The fraction of sp³-hybridized carbons (Fsp3) is 0.923. The molecule has 1 atom stereocenters. The maximum absolute atomic E-state index is 9.13. The highest BCUT2D eigenvalue weighted by atomic mass is 15.2. The highest BCUT2D eigenvalue weighted by Crippen LogP contribution is 2.21. The summed E-state index contributed by atoms with van der Waals surface area (Å²) in [5, 5.41) is 17.5. The predicted octanol–water partition coefficient (Wildman–Crippen LogP) is 4.49. The van der Waals surface area contributed by atoms with Crippen LogP contribution >= 0.6 is 0 Å². The molecule has 92 valence electrons. The maximum Gasteiger partial charge on any atom is 0.164 e. The van der Waals surface area contributed by atoms with E-state index in [9.17, 15) is 0 Å². The average Bonchev–Trinajstić information content (AvgIpc) is 2.21. The van der Waals surface area contributed by atoms with Crippen molar-refractivity contribution in [3.05, 3.63) is 0 Å². The Morgan fingerprint density at radius 1 is 1.00 bits per heavy atom. The van der Waals surface area contributed by atoms with Crippen molar-refractivity contribution in [3.63, 3.8) is 0 Å². The molecule has 16 heavy (non-hydrogen) atoms. The van der Waals surface area contributed by atoms with Crippen LogP contribution in [0.1, 0.15) is 66.7 Å². The van der Waals surface area contributed by atoms with Crippen LogP contribution in [-0.4, -0.2) is 11.1 Å². The minimum Gasteiger partial charge on any atom is -0.196 e. The van der Waals surface area contributed by atoms with Gasteiger partial charge in [0.15, 0.2) is 5.54 Å². The Balaban J connectivity index is 4.23. The van der Waals surface area contributed by atoms with Gasteiger partial charge in [0.25, 0.3) is 0 Å². The summed E-state index contributed by atoms with van der Waals surface area (Å²) in [4.78, 5) is 0. The third kappa shape index (κ3) is 7.39. The van der Waals surface area contributed by atoms with Crippen LogP contribution in [0.15, 0.2) is 10.2 Å². The number of nitrogens with zero attached hydrogens (tertiary/aromatic N) is 3. The second-order valence-electron chi connectivity index (χ2n) is 5.57. The summed E-state index contributed by atoms with van der Waals surface area (Å²) in [5.41, 5.74) is -0.831. The second kappa shape index (κ2) is 6.62. The molecule has 0 aromatic rings. The molecule has 3 nitrogen and oxygen atoms in total. The molecule has 3 heteroatoms. The molecule has 0 rings (SSSR count). The van der Waals surface area contributed by atoms with Gasteiger partial charge in [0.1, 0.15) is 0 Å². The highest BCUT2D eigenvalue weighted by Gasteiger charge is 2.23. The van der Waals surface area contributed by atoms with Gasteiger partial charge in [-0.15, -0.1) is 0 Å². The van der Waals surface area contributed by atoms with Gasteiger partial charge < -0.3 is 0 Å². The van der Waals surface area contributed by atoms with Gasteiger partial charge in [-0.05, 0) is 40.5 Å². The first-order chi connectivity index (χ1) is 7.33. The first kappa shape index (κ1) is 15.1. The van der Waals surface area contributed by atoms with E-state index in [1.807, 2.05) is 27.7 Å². The zero-order valence-electron chi connectivity index (χ0n) is 11.4. The van der Waals surface area contributed by atoms with Crippen LogP contribution in [0.3, 0.4) is 0 Å². The van der Waals surface area contributed by atoms with Crippen molar-refractivity contribution in [2.45, 2.75) is 77.8 Å². The molecule has 0 N–H and O–H groups in total. The van der Waals surface area contributed by atoms with E-state index in [1.165, 1.54) is 19.3 Å². The van der Waals surface area contributed by atoms with E-state index in [0.717, 1.165) is 12.8 Å². The highest BCUT2D eigenvalue weighted by molar-refractivity contribution is 5.03. The van der Waals surface area contributed by atoms with Gasteiger partial charge in [-0.1, -0.05) is 26.2 Å². The summed E-state index contributed by atoms with van der Waals surface area (Å²) in [7, 11) is 0. The molecule has 0 spiro atoms. The first-order valence-corrected chi connectivity index (χ1v) is 6.18. The third-order valence-electron chi connectivity index (χ3n) is 2.33. The fourth-order valence-electron chi connectivity index (χ4n) is 1.28. The third-order valence-corrected chi connectivity index (χ3v) is 2.33. The van der Waals surface area contributed by atoms with E-state index in [-0.39, 0.29) is 5.54 Å². The zero-order valence-corrected chi connectivity index (χ0v) is 11.4. The van der Waals surface area contributed by atoms with Crippen LogP contribution in [0.4, 0.5) is 0 Å². The Labute approximate surface area is 100.0 Å². The molecule has 0 fully saturated rings. The molecule has 0 aromatic carbocycles. The van der Waals surface area contributed by atoms with Crippen molar-refractivity contribution in [2.75, 3.05) is 0 Å². The van der Waals surface area contributed by atoms with Crippen LogP contribution in [0, 0.1) is 11.3 Å². The molecular weight excluding hydrogens is 198 g/mol. The molecule has 1 unspecified atom stereocenters. The summed E-state index contributed by atoms with van der Waals surface area (Å²) < 4.78 is 0. The van der Waals surface area contributed by atoms with E-state index < -0.39 is 5.54 Å². The quantitative estimate of drug-likeness (QED) is 0.483. The van der Waals surface area contributed by atoms with Crippen LogP contribution < -0.4 is 0 Å². The van der Waals surface area contributed by atoms with Gasteiger partial charge in [0.2, 0.25) is 0 Å². The largest absolute Gasteiger partial charge is 0.196 e. The van der Waals surface area contributed by atoms with Crippen LogP contribution in [0.5, 0.6) is 0 Å². The molecule has 0 heterocycles. The lowest BCUT2D eigenvalue weighted by atomic mass is 9.97. The average molecular weight is 223 g/mol. The molecule has 0 amide bonds. The van der Waals surface area contributed by atoms with Gasteiger partial charge in [0.05, 0.1) is 11.6 Å². The Hall–Kier alpha value is -0.910. The number of rotatable bonds is 6. The van der Waals surface area contributed by atoms with Crippen molar-refractivity contribution < 1.29 is 0 Å². The minimum atomic E-state index is -0.638. The van der Waals surface area contributed by atoms with Gasteiger partial charge in [-0.3, -0.25) is 0 Å². The van der Waals surface area contributed by atoms with Crippen LogP contribution in [0.2, 0.25) is 0 Å². The summed E-state index contributed by atoms with van der Waals surface area (Å²) in [6, 6.07) is 2.27. The Morgan fingerprint density at radius 2 is 1.62 bits per heavy atom. The van der Waals surface area contributed by atoms with Crippen LogP contribution in [0.25, 0.3) is 0 Å². The van der Waals surface area contributed by atoms with Gasteiger partial charge in [-0.25, -0.2) is 0 Å². The van der Waals surface area contributed by atoms with E-state index in [4.69, 9.17) is 5.26 Å². The fourth-order valence-corrected chi connectivity index (χ4v) is 1.28. The van der Waals surface area contributed by atoms with Crippen molar-refractivity contribution in [1.82, 2.24) is 0 Å². The lowest BCUT2D eigenvalue weighted by Gasteiger charge is -2.18. The summed E-state index contributed by atoms with van der Waals surface area (Å²) in [6.45, 7) is 10.0. The molecule has 0 aliphatic rings. The normalized spacial score (nSPS) is 16.0. The van der Waals surface area contributed by atoms with Crippen molar-refractivity contribution in [1.29, 1.82) is 5.26 Å². The second-order valence-corrected chi connectivity index (χ2v) is 5.57. The molecule has 0 saturated carbocycles. The summed E-state index contributed by atoms with van der Waals surface area (Å²) in [6.07, 6.45) is 5.49. The predicted molar refractivity (Wildman–Crippen MR) is 67.4 cm³/mol. The van der Waals surface area contributed by atoms with Crippen LogP contribution in [-0.2, 0) is 0 Å².